The molecule has 1 unspecified atom stereocenters. The Bertz CT molecular complexity index is 640. The van der Waals surface area contributed by atoms with Crippen molar-refractivity contribution in [2.24, 2.45) is 0 Å². The van der Waals surface area contributed by atoms with Crippen LogP contribution < -0.4 is 5.32 Å². The van der Waals surface area contributed by atoms with Crippen LogP contribution in [0.5, 0.6) is 0 Å². The minimum Gasteiger partial charge on any atom is -0.351 e. The van der Waals surface area contributed by atoms with Crippen LogP contribution in [0.25, 0.3) is 0 Å². The predicted molar refractivity (Wildman–Crippen MR) is 104 cm³/mol. The van der Waals surface area contributed by atoms with Crippen LogP contribution in [0.2, 0.25) is 0 Å². The third-order valence-corrected chi connectivity index (χ3v) is 6.01. The average molecular weight is 395 g/mol. The Morgan fingerprint density at radius 2 is 1.63 bits per heavy atom. The van der Waals surface area contributed by atoms with Gasteiger partial charge in [0.25, 0.3) is 0 Å². The van der Waals surface area contributed by atoms with E-state index in [1.54, 1.807) is 17.0 Å². The van der Waals surface area contributed by atoms with Crippen LogP contribution >= 0.6 is 11.6 Å². The summed E-state index contributed by atoms with van der Waals surface area (Å²) in [6.07, 6.45) is 9.18. The molecule has 2 amide bonds. The van der Waals surface area contributed by atoms with Crippen LogP contribution in [0.3, 0.4) is 0 Å². The number of rotatable bonds is 6. The smallest absolute Gasteiger partial charge is 0.247 e. The van der Waals surface area contributed by atoms with E-state index in [2.05, 4.69) is 5.32 Å². The second-order valence-corrected chi connectivity index (χ2v) is 7.94. The Morgan fingerprint density at radius 1 is 1.04 bits per heavy atom. The summed E-state index contributed by atoms with van der Waals surface area (Å²) in [5, 5.41) is 3.15. The van der Waals surface area contributed by atoms with Gasteiger partial charge in [-0.3, -0.25) is 9.59 Å². The molecule has 2 saturated carbocycles. The Labute approximate surface area is 165 Å². The third-order valence-electron chi connectivity index (χ3n) is 5.78. The largest absolute Gasteiger partial charge is 0.351 e. The first-order valence-electron chi connectivity index (χ1n) is 10.0. The number of carbonyl (C=O) groups is 2. The van der Waals surface area contributed by atoms with Gasteiger partial charge in [-0.2, -0.15) is 0 Å². The highest BCUT2D eigenvalue weighted by molar-refractivity contribution is 6.27. The molecule has 0 radical (unpaired) electrons. The van der Waals surface area contributed by atoms with Crippen LogP contribution in [-0.2, 0) is 9.59 Å². The van der Waals surface area contributed by atoms with E-state index in [0.717, 1.165) is 51.4 Å². The number of nitrogens with zero attached hydrogens (tertiary/aromatic N) is 1. The molecule has 27 heavy (non-hydrogen) atoms. The lowest BCUT2D eigenvalue weighted by Gasteiger charge is -2.37. The van der Waals surface area contributed by atoms with Crippen molar-refractivity contribution < 1.29 is 14.0 Å². The van der Waals surface area contributed by atoms with Gasteiger partial charge in [0.2, 0.25) is 11.8 Å². The molecule has 0 aliphatic heterocycles. The van der Waals surface area contributed by atoms with E-state index < -0.39 is 6.04 Å². The van der Waals surface area contributed by atoms with Gasteiger partial charge in [0.05, 0.1) is 0 Å². The van der Waals surface area contributed by atoms with Crippen LogP contribution in [0.1, 0.15) is 69.4 Å². The zero-order chi connectivity index (χ0) is 19.2. The summed E-state index contributed by atoms with van der Waals surface area (Å²) >= 11 is 5.90. The molecule has 1 atom stereocenters. The molecule has 1 aromatic carbocycles. The number of hydrogen-bond donors (Lipinski definition) is 1. The first-order chi connectivity index (χ1) is 13.1. The van der Waals surface area contributed by atoms with E-state index in [1.165, 1.54) is 18.6 Å². The summed E-state index contributed by atoms with van der Waals surface area (Å²) in [6.45, 7) is 0. The van der Waals surface area contributed by atoms with Gasteiger partial charge in [-0.05, 0) is 43.4 Å². The van der Waals surface area contributed by atoms with Gasteiger partial charge >= 0.3 is 0 Å². The molecule has 0 aromatic heterocycles. The van der Waals surface area contributed by atoms with Gasteiger partial charge in [0.1, 0.15) is 17.7 Å². The first kappa shape index (κ1) is 20.1. The van der Waals surface area contributed by atoms with E-state index in [-0.39, 0.29) is 35.6 Å². The molecule has 6 heteroatoms. The number of carbonyl (C=O) groups excluding carboxylic acids is 2. The lowest BCUT2D eigenvalue weighted by Crippen LogP contribution is -2.50. The lowest BCUT2D eigenvalue weighted by atomic mass is 9.94. The molecule has 3 rings (SSSR count). The minimum absolute atomic E-state index is 0.00316. The van der Waals surface area contributed by atoms with Crippen molar-refractivity contribution in [3.63, 3.8) is 0 Å². The lowest BCUT2D eigenvalue weighted by molar-refractivity contribution is -0.142. The molecule has 4 nitrogen and oxygen atoms in total. The van der Waals surface area contributed by atoms with Crippen LogP contribution in [-0.4, -0.2) is 34.7 Å². The maximum Gasteiger partial charge on any atom is 0.247 e. The minimum atomic E-state index is -0.762. The highest BCUT2D eigenvalue weighted by Gasteiger charge is 2.37. The molecular formula is C21H28ClFN2O2. The molecule has 2 aliphatic rings. The first-order valence-corrected chi connectivity index (χ1v) is 10.6. The van der Waals surface area contributed by atoms with Gasteiger partial charge in [0.15, 0.2) is 0 Å². The second kappa shape index (κ2) is 9.54. The summed E-state index contributed by atoms with van der Waals surface area (Å²) in [4.78, 5) is 27.6. The van der Waals surface area contributed by atoms with E-state index in [9.17, 15) is 14.0 Å². The Hall–Kier alpha value is -1.62. The number of hydrogen-bond acceptors (Lipinski definition) is 2. The maximum atomic E-state index is 13.4. The summed E-state index contributed by atoms with van der Waals surface area (Å²) in [5.74, 6) is -0.943. The number of nitrogens with one attached hydrogen (secondary N) is 1. The van der Waals surface area contributed by atoms with Crippen molar-refractivity contribution in [2.45, 2.75) is 75.9 Å². The summed E-state index contributed by atoms with van der Waals surface area (Å²) in [6, 6.07) is 5.27. The molecule has 0 saturated heterocycles. The molecule has 0 spiro atoms. The molecule has 0 heterocycles. The molecule has 2 fully saturated rings. The third kappa shape index (κ3) is 5.01. The second-order valence-electron chi connectivity index (χ2n) is 7.67. The van der Waals surface area contributed by atoms with E-state index in [1.807, 2.05) is 0 Å². The topological polar surface area (TPSA) is 49.4 Å². The zero-order valence-corrected chi connectivity index (χ0v) is 16.4. The van der Waals surface area contributed by atoms with E-state index >= 15 is 0 Å². The maximum absolute atomic E-state index is 13.4. The fourth-order valence-electron chi connectivity index (χ4n) is 4.42. The molecule has 1 N–H and O–H groups in total. The van der Waals surface area contributed by atoms with Gasteiger partial charge in [-0.15, -0.1) is 11.6 Å². The fourth-order valence-corrected chi connectivity index (χ4v) is 4.56. The van der Waals surface area contributed by atoms with Crippen molar-refractivity contribution in [1.29, 1.82) is 0 Å². The van der Waals surface area contributed by atoms with Crippen molar-refractivity contribution in [2.75, 3.05) is 5.88 Å². The number of benzene rings is 1. The van der Waals surface area contributed by atoms with Crippen molar-refractivity contribution >= 4 is 23.4 Å². The van der Waals surface area contributed by atoms with Crippen molar-refractivity contribution in [3.8, 4) is 0 Å². The van der Waals surface area contributed by atoms with Crippen LogP contribution in [0.15, 0.2) is 24.3 Å². The van der Waals surface area contributed by atoms with E-state index in [4.69, 9.17) is 11.6 Å². The van der Waals surface area contributed by atoms with Gasteiger partial charge in [-0.25, -0.2) is 4.39 Å². The monoisotopic (exact) mass is 394 g/mol. The zero-order valence-electron chi connectivity index (χ0n) is 15.6. The molecule has 2 aliphatic carbocycles. The van der Waals surface area contributed by atoms with Crippen LogP contribution in [0.4, 0.5) is 4.39 Å². The van der Waals surface area contributed by atoms with E-state index in [0.29, 0.717) is 5.56 Å². The van der Waals surface area contributed by atoms with Gasteiger partial charge < -0.3 is 10.2 Å². The summed E-state index contributed by atoms with van der Waals surface area (Å²) < 4.78 is 13.4. The van der Waals surface area contributed by atoms with Gasteiger partial charge in [0, 0.05) is 12.1 Å². The highest BCUT2D eigenvalue weighted by Crippen LogP contribution is 2.32. The summed E-state index contributed by atoms with van der Waals surface area (Å²) in [5.41, 5.74) is 0.634. The van der Waals surface area contributed by atoms with Crippen molar-refractivity contribution in [3.05, 3.63) is 35.6 Å². The fraction of sp³-hybridized carbons (Fsp3) is 0.619. The van der Waals surface area contributed by atoms with Gasteiger partial charge in [-0.1, -0.05) is 44.2 Å². The standard InChI is InChI=1S/C21H28ClFN2O2/c22-14-19(26)25(18-8-4-5-9-18)20(15-10-12-16(23)13-11-15)21(27)24-17-6-2-1-3-7-17/h10-13,17-18,20H,1-9,14H2,(H,24,27). The summed E-state index contributed by atoms with van der Waals surface area (Å²) in [7, 11) is 0. The number of halogens is 2. The highest BCUT2D eigenvalue weighted by atomic mass is 35.5. The van der Waals surface area contributed by atoms with Crippen LogP contribution in [0, 0.1) is 5.82 Å². The molecular weight excluding hydrogens is 367 g/mol. The molecule has 0 bridgehead atoms. The average Bonchev–Trinajstić information content (AvgIpc) is 3.21. The molecule has 148 valence electrons. The predicted octanol–water partition coefficient (Wildman–Crippen LogP) is 4.33. The SMILES string of the molecule is O=C(NC1CCCCC1)C(c1ccc(F)cc1)N(C(=O)CCl)C1CCCC1. The Kier molecular flexibility index (Phi) is 7.11. The van der Waals surface area contributed by atoms with Crippen molar-refractivity contribution in [1.82, 2.24) is 10.2 Å². The molecule has 1 aromatic rings. The quantitative estimate of drug-likeness (QED) is 0.730. The number of amides is 2. The Balaban J connectivity index is 1.90. The normalized spacial score (nSPS) is 19.6. The Morgan fingerprint density at radius 3 is 2.22 bits per heavy atom. The number of alkyl halides is 1.